The van der Waals surface area contributed by atoms with E-state index in [1.807, 2.05) is 32.9 Å². The van der Waals surface area contributed by atoms with E-state index in [4.69, 9.17) is 4.74 Å². The van der Waals surface area contributed by atoms with Crippen molar-refractivity contribution in [1.29, 1.82) is 0 Å². The molecule has 0 saturated heterocycles. The van der Waals surface area contributed by atoms with E-state index in [1.54, 1.807) is 13.8 Å². The zero-order chi connectivity index (χ0) is 15.3. The summed E-state index contributed by atoms with van der Waals surface area (Å²) < 4.78 is 4.87. The average molecular weight is 277 g/mol. The number of ether oxygens (including phenoxy) is 1. The zero-order valence-electron chi connectivity index (χ0n) is 12.9. The minimum atomic E-state index is -0.294. The van der Waals surface area contributed by atoms with Gasteiger partial charge in [0.1, 0.15) is 0 Å². The van der Waals surface area contributed by atoms with E-state index in [1.165, 1.54) is 0 Å². The summed E-state index contributed by atoms with van der Waals surface area (Å²) >= 11 is 0. The van der Waals surface area contributed by atoms with E-state index in [-0.39, 0.29) is 24.3 Å². The van der Waals surface area contributed by atoms with Crippen LogP contribution in [-0.2, 0) is 9.53 Å². The molecule has 4 nitrogen and oxygen atoms in total. The van der Waals surface area contributed by atoms with Crippen molar-refractivity contribution < 1.29 is 14.3 Å². The fourth-order valence-electron chi connectivity index (χ4n) is 2.36. The van der Waals surface area contributed by atoms with Gasteiger partial charge < -0.3 is 10.1 Å². The number of carbonyl (C=O) groups excluding carboxylic acids is 2. The number of hydrogen-bond acceptors (Lipinski definition) is 3. The maximum atomic E-state index is 12.3. The molecule has 0 aliphatic carbocycles. The van der Waals surface area contributed by atoms with Gasteiger partial charge in [-0.25, -0.2) is 0 Å². The van der Waals surface area contributed by atoms with Crippen LogP contribution in [0, 0.1) is 20.8 Å². The summed E-state index contributed by atoms with van der Waals surface area (Å²) in [7, 11) is 0. The zero-order valence-corrected chi connectivity index (χ0v) is 12.9. The van der Waals surface area contributed by atoms with Crippen LogP contribution in [-0.4, -0.2) is 24.5 Å². The van der Waals surface area contributed by atoms with Crippen molar-refractivity contribution in [2.45, 2.75) is 47.1 Å². The van der Waals surface area contributed by atoms with E-state index in [0.717, 1.165) is 16.7 Å². The minimum Gasteiger partial charge on any atom is -0.466 e. The maximum Gasteiger partial charge on any atom is 0.307 e. The van der Waals surface area contributed by atoms with Crippen LogP contribution >= 0.6 is 0 Å². The molecule has 0 saturated carbocycles. The van der Waals surface area contributed by atoms with Crippen molar-refractivity contribution in [3.05, 3.63) is 34.4 Å². The van der Waals surface area contributed by atoms with Crippen molar-refractivity contribution in [1.82, 2.24) is 5.32 Å². The van der Waals surface area contributed by atoms with E-state index in [9.17, 15) is 9.59 Å². The summed E-state index contributed by atoms with van der Waals surface area (Å²) in [6.07, 6.45) is 0.184. The number of carbonyl (C=O) groups is 2. The van der Waals surface area contributed by atoms with Gasteiger partial charge in [-0.05, 0) is 45.7 Å². The Hall–Kier alpha value is -1.84. The second-order valence-corrected chi connectivity index (χ2v) is 5.16. The van der Waals surface area contributed by atoms with E-state index < -0.39 is 0 Å². The molecule has 0 aromatic heterocycles. The van der Waals surface area contributed by atoms with Gasteiger partial charge in [0.25, 0.3) is 5.91 Å². The van der Waals surface area contributed by atoms with Crippen LogP contribution in [0.2, 0.25) is 0 Å². The molecular weight excluding hydrogens is 254 g/mol. The SMILES string of the molecule is CCOC(=O)C[C@@H](C)NC(=O)c1c(C)cc(C)cc1C. The highest BCUT2D eigenvalue weighted by molar-refractivity contribution is 5.97. The molecule has 0 heterocycles. The lowest BCUT2D eigenvalue weighted by atomic mass is 9.99. The van der Waals surface area contributed by atoms with Crippen LogP contribution in [0.3, 0.4) is 0 Å². The molecule has 4 heteroatoms. The summed E-state index contributed by atoms with van der Waals surface area (Å²) in [5.41, 5.74) is 3.72. The minimum absolute atomic E-state index is 0.142. The Morgan fingerprint density at radius 3 is 2.25 bits per heavy atom. The van der Waals surface area contributed by atoms with Gasteiger partial charge in [-0.15, -0.1) is 0 Å². The topological polar surface area (TPSA) is 55.4 Å². The molecule has 0 aliphatic heterocycles. The second-order valence-electron chi connectivity index (χ2n) is 5.16. The number of benzene rings is 1. The Bertz CT molecular complexity index is 485. The van der Waals surface area contributed by atoms with Gasteiger partial charge in [-0.2, -0.15) is 0 Å². The van der Waals surface area contributed by atoms with E-state index in [0.29, 0.717) is 12.2 Å². The van der Waals surface area contributed by atoms with Gasteiger partial charge >= 0.3 is 5.97 Å². The fourth-order valence-corrected chi connectivity index (χ4v) is 2.36. The molecule has 20 heavy (non-hydrogen) atoms. The first-order valence-electron chi connectivity index (χ1n) is 6.89. The first-order valence-corrected chi connectivity index (χ1v) is 6.89. The molecule has 0 fully saturated rings. The number of amides is 1. The molecule has 1 atom stereocenters. The molecule has 110 valence electrons. The Morgan fingerprint density at radius 2 is 1.75 bits per heavy atom. The summed E-state index contributed by atoms with van der Waals surface area (Å²) in [5.74, 6) is -0.436. The molecule has 1 amide bonds. The molecule has 1 aromatic rings. The van der Waals surface area contributed by atoms with Crippen LogP contribution in [0.25, 0.3) is 0 Å². The monoisotopic (exact) mass is 277 g/mol. The first kappa shape index (κ1) is 16.2. The summed E-state index contributed by atoms with van der Waals surface area (Å²) in [6, 6.07) is 3.72. The van der Waals surface area contributed by atoms with Crippen LogP contribution in [0.1, 0.15) is 47.3 Å². The highest BCUT2D eigenvalue weighted by atomic mass is 16.5. The van der Waals surface area contributed by atoms with Gasteiger partial charge in [0.05, 0.1) is 13.0 Å². The number of esters is 1. The Balaban J connectivity index is 2.74. The summed E-state index contributed by atoms with van der Waals surface area (Å²) in [6.45, 7) is 9.77. The lowest BCUT2D eigenvalue weighted by Crippen LogP contribution is -2.35. The average Bonchev–Trinajstić information content (AvgIpc) is 2.26. The number of rotatable bonds is 5. The normalized spacial score (nSPS) is 11.8. The second kappa shape index (κ2) is 7.08. The number of nitrogens with one attached hydrogen (secondary N) is 1. The molecular formula is C16H23NO3. The van der Waals surface area contributed by atoms with Gasteiger partial charge in [-0.3, -0.25) is 9.59 Å². The predicted molar refractivity (Wildman–Crippen MR) is 78.8 cm³/mol. The standard InChI is InChI=1S/C16H23NO3/c1-6-20-14(18)9-13(5)17-16(19)15-11(3)7-10(2)8-12(15)4/h7-8,13H,6,9H2,1-5H3,(H,17,19)/t13-/m1/s1. The van der Waals surface area contributed by atoms with Gasteiger partial charge in [0, 0.05) is 11.6 Å². The Labute approximate surface area is 120 Å². The Kier molecular flexibility index (Phi) is 5.74. The lowest BCUT2D eigenvalue weighted by molar-refractivity contribution is -0.143. The predicted octanol–water partition coefficient (Wildman–Crippen LogP) is 2.68. The summed E-state index contributed by atoms with van der Waals surface area (Å²) in [5, 5.41) is 2.85. The third-order valence-corrected chi connectivity index (χ3v) is 3.06. The lowest BCUT2D eigenvalue weighted by Gasteiger charge is -2.16. The van der Waals surface area contributed by atoms with E-state index in [2.05, 4.69) is 5.32 Å². The quantitative estimate of drug-likeness (QED) is 0.842. The number of hydrogen-bond donors (Lipinski definition) is 1. The molecule has 1 N–H and O–H groups in total. The van der Waals surface area contributed by atoms with Gasteiger partial charge in [0.2, 0.25) is 0 Å². The molecule has 0 unspecified atom stereocenters. The Morgan fingerprint density at radius 1 is 1.20 bits per heavy atom. The third kappa shape index (κ3) is 4.37. The van der Waals surface area contributed by atoms with E-state index >= 15 is 0 Å². The molecule has 1 aromatic carbocycles. The largest absolute Gasteiger partial charge is 0.466 e. The van der Waals surface area contributed by atoms with Crippen molar-refractivity contribution >= 4 is 11.9 Å². The van der Waals surface area contributed by atoms with Crippen molar-refractivity contribution in [2.24, 2.45) is 0 Å². The molecule has 1 rings (SSSR count). The molecule has 0 aliphatic rings. The van der Waals surface area contributed by atoms with Crippen LogP contribution < -0.4 is 5.32 Å². The van der Waals surface area contributed by atoms with Crippen molar-refractivity contribution in [2.75, 3.05) is 6.61 Å². The van der Waals surface area contributed by atoms with Crippen LogP contribution in [0.4, 0.5) is 0 Å². The van der Waals surface area contributed by atoms with Crippen molar-refractivity contribution in [3.63, 3.8) is 0 Å². The maximum absolute atomic E-state index is 12.3. The first-order chi connectivity index (χ1) is 9.35. The fraction of sp³-hybridized carbons (Fsp3) is 0.500. The van der Waals surface area contributed by atoms with Crippen LogP contribution in [0.15, 0.2) is 12.1 Å². The van der Waals surface area contributed by atoms with Gasteiger partial charge in [-0.1, -0.05) is 17.7 Å². The third-order valence-electron chi connectivity index (χ3n) is 3.06. The highest BCUT2D eigenvalue weighted by Crippen LogP contribution is 2.16. The molecule has 0 bridgehead atoms. The van der Waals surface area contributed by atoms with Crippen molar-refractivity contribution in [3.8, 4) is 0 Å². The molecule has 0 radical (unpaired) electrons. The van der Waals surface area contributed by atoms with Gasteiger partial charge in [0.15, 0.2) is 0 Å². The smallest absolute Gasteiger partial charge is 0.307 e. The molecule has 0 spiro atoms. The summed E-state index contributed by atoms with van der Waals surface area (Å²) in [4.78, 5) is 23.7. The number of aryl methyl sites for hydroxylation is 3. The van der Waals surface area contributed by atoms with Crippen LogP contribution in [0.5, 0.6) is 0 Å². The highest BCUT2D eigenvalue weighted by Gasteiger charge is 2.17.